The SMILES string of the molecule is CCN(Cc1cncn1C)C1CCOC2(CCN(c3ccccc3)CC2)C1. The van der Waals surface area contributed by atoms with E-state index in [1.807, 2.05) is 12.5 Å². The Morgan fingerprint density at radius 2 is 2.00 bits per heavy atom. The minimum Gasteiger partial charge on any atom is -0.375 e. The molecule has 5 heteroatoms. The zero-order valence-corrected chi connectivity index (χ0v) is 16.7. The summed E-state index contributed by atoms with van der Waals surface area (Å²) in [5.74, 6) is 0. The second-order valence-corrected chi connectivity index (χ2v) is 8.06. The number of aromatic nitrogens is 2. The Balaban J connectivity index is 1.39. The van der Waals surface area contributed by atoms with Gasteiger partial charge >= 0.3 is 0 Å². The third-order valence-corrected chi connectivity index (χ3v) is 6.47. The fourth-order valence-electron chi connectivity index (χ4n) is 4.72. The molecule has 4 rings (SSSR count). The zero-order chi connectivity index (χ0) is 18.7. The van der Waals surface area contributed by atoms with Crippen LogP contribution in [0.15, 0.2) is 42.9 Å². The van der Waals surface area contributed by atoms with Crippen LogP contribution in [-0.2, 0) is 18.3 Å². The van der Waals surface area contributed by atoms with Gasteiger partial charge in [0.25, 0.3) is 0 Å². The minimum absolute atomic E-state index is 0.0636. The van der Waals surface area contributed by atoms with Crippen molar-refractivity contribution < 1.29 is 4.74 Å². The van der Waals surface area contributed by atoms with E-state index in [2.05, 4.69) is 63.7 Å². The molecular formula is C22H32N4O. The molecule has 146 valence electrons. The monoisotopic (exact) mass is 368 g/mol. The number of nitrogens with zero attached hydrogens (tertiary/aromatic N) is 4. The van der Waals surface area contributed by atoms with E-state index in [1.54, 1.807) is 0 Å². The van der Waals surface area contributed by atoms with Gasteiger partial charge in [-0.1, -0.05) is 25.1 Å². The lowest BCUT2D eigenvalue weighted by atomic mass is 9.81. The van der Waals surface area contributed by atoms with Crippen molar-refractivity contribution in [3.8, 4) is 0 Å². The second kappa shape index (κ2) is 8.03. The van der Waals surface area contributed by atoms with E-state index >= 15 is 0 Å². The molecule has 1 unspecified atom stereocenters. The topological polar surface area (TPSA) is 33.5 Å². The molecule has 1 aromatic heterocycles. The van der Waals surface area contributed by atoms with Crippen molar-refractivity contribution in [2.75, 3.05) is 31.1 Å². The summed E-state index contributed by atoms with van der Waals surface area (Å²) in [7, 11) is 2.08. The molecule has 27 heavy (non-hydrogen) atoms. The van der Waals surface area contributed by atoms with Crippen molar-refractivity contribution in [1.29, 1.82) is 0 Å². The molecule has 1 aromatic carbocycles. The van der Waals surface area contributed by atoms with Gasteiger partial charge in [0.2, 0.25) is 0 Å². The lowest BCUT2D eigenvalue weighted by molar-refractivity contribution is -0.118. The lowest BCUT2D eigenvalue weighted by Gasteiger charge is -2.48. The molecule has 0 saturated carbocycles. The number of aryl methyl sites for hydroxylation is 1. The van der Waals surface area contributed by atoms with Gasteiger partial charge in [-0.05, 0) is 44.4 Å². The molecule has 3 heterocycles. The first-order valence-electron chi connectivity index (χ1n) is 10.3. The number of ether oxygens (including phenoxy) is 1. The van der Waals surface area contributed by atoms with Crippen LogP contribution in [0.3, 0.4) is 0 Å². The van der Waals surface area contributed by atoms with E-state index in [0.717, 1.165) is 58.5 Å². The Hall–Kier alpha value is -1.85. The van der Waals surface area contributed by atoms with E-state index in [4.69, 9.17) is 4.74 Å². The predicted molar refractivity (Wildman–Crippen MR) is 109 cm³/mol. The Bertz CT molecular complexity index is 721. The van der Waals surface area contributed by atoms with Crippen LogP contribution < -0.4 is 4.90 Å². The van der Waals surface area contributed by atoms with E-state index in [0.29, 0.717) is 6.04 Å². The van der Waals surface area contributed by atoms with Crippen molar-refractivity contribution in [2.24, 2.45) is 7.05 Å². The largest absolute Gasteiger partial charge is 0.375 e. The van der Waals surface area contributed by atoms with Gasteiger partial charge in [-0.25, -0.2) is 4.98 Å². The first kappa shape index (κ1) is 18.5. The highest BCUT2D eigenvalue weighted by Gasteiger charge is 2.41. The van der Waals surface area contributed by atoms with Gasteiger partial charge < -0.3 is 14.2 Å². The first-order valence-corrected chi connectivity index (χ1v) is 10.3. The van der Waals surface area contributed by atoms with Crippen LogP contribution in [0, 0.1) is 0 Å². The van der Waals surface area contributed by atoms with Gasteiger partial charge in [-0.2, -0.15) is 0 Å². The standard InChI is InChI=1S/C22H32N4O/c1-3-25(17-21-16-23-18-24(21)2)20-9-14-27-22(15-20)10-12-26(13-11-22)19-7-5-4-6-8-19/h4-8,16,18,20H,3,9-15,17H2,1-2H3. The molecule has 5 nitrogen and oxygen atoms in total. The molecule has 0 radical (unpaired) electrons. The molecule has 0 bridgehead atoms. The number of anilines is 1. The Kier molecular flexibility index (Phi) is 5.50. The highest BCUT2D eigenvalue weighted by Crippen LogP contribution is 2.38. The average molecular weight is 369 g/mol. The molecule has 1 spiro atoms. The van der Waals surface area contributed by atoms with Gasteiger partial charge in [-0.15, -0.1) is 0 Å². The predicted octanol–water partition coefficient (Wildman–Crippen LogP) is 3.46. The summed E-state index contributed by atoms with van der Waals surface area (Å²) < 4.78 is 8.54. The van der Waals surface area contributed by atoms with Gasteiger partial charge in [0.15, 0.2) is 0 Å². The lowest BCUT2D eigenvalue weighted by Crippen LogP contribution is -2.53. The molecule has 2 aliphatic rings. The van der Waals surface area contributed by atoms with Crippen molar-refractivity contribution in [1.82, 2.24) is 14.5 Å². The summed E-state index contributed by atoms with van der Waals surface area (Å²) in [6.07, 6.45) is 8.44. The van der Waals surface area contributed by atoms with E-state index in [1.165, 1.54) is 11.4 Å². The number of imidazole rings is 1. The summed E-state index contributed by atoms with van der Waals surface area (Å²) in [6, 6.07) is 11.4. The third kappa shape index (κ3) is 4.04. The third-order valence-electron chi connectivity index (χ3n) is 6.47. The summed E-state index contributed by atoms with van der Waals surface area (Å²) >= 11 is 0. The molecule has 2 fully saturated rings. The zero-order valence-electron chi connectivity index (χ0n) is 16.7. The maximum atomic E-state index is 6.40. The maximum absolute atomic E-state index is 6.40. The van der Waals surface area contributed by atoms with E-state index in [9.17, 15) is 0 Å². The van der Waals surface area contributed by atoms with Gasteiger partial charge in [0, 0.05) is 51.2 Å². The number of hydrogen-bond donors (Lipinski definition) is 0. The first-order chi connectivity index (χ1) is 13.2. The fraction of sp³-hybridized carbons (Fsp3) is 0.591. The maximum Gasteiger partial charge on any atom is 0.0945 e. The number of hydrogen-bond acceptors (Lipinski definition) is 4. The van der Waals surface area contributed by atoms with Crippen molar-refractivity contribution in [3.63, 3.8) is 0 Å². The molecule has 2 aromatic rings. The van der Waals surface area contributed by atoms with Crippen LogP contribution in [0.2, 0.25) is 0 Å². The van der Waals surface area contributed by atoms with Crippen LogP contribution >= 0.6 is 0 Å². The summed E-state index contributed by atoms with van der Waals surface area (Å²) in [5.41, 5.74) is 2.69. The van der Waals surface area contributed by atoms with Gasteiger partial charge in [0.05, 0.1) is 17.6 Å². The number of piperidine rings is 1. The van der Waals surface area contributed by atoms with Crippen LogP contribution in [-0.4, -0.2) is 52.3 Å². The van der Waals surface area contributed by atoms with Crippen LogP contribution in [0.25, 0.3) is 0 Å². The van der Waals surface area contributed by atoms with Gasteiger partial charge in [0.1, 0.15) is 0 Å². The number of benzene rings is 1. The average Bonchev–Trinajstić information content (AvgIpc) is 3.12. The molecule has 2 saturated heterocycles. The van der Waals surface area contributed by atoms with Crippen LogP contribution in [0.5, 0.6) is 0 Å². The molecule has 0 amide bonds. The number of para-hydroxylation sites is 1. The molecule has 0 N–H and O–H groups in total. The Labute approximate surface area is 162 Å². The quantitative estimate of drug-likeness (QED) is 0.809. The Morgan fingerprint density at radius 3 is 2.67 bits per heavy atom. The Morgan fingerprint density at radius 1 is 1.22 bits per heavy atom. The summed E-state index contributed by atoms with van der Waals surface area (Å²) in [5, 5.41) is 0. The van der Waals surface area contributed by atoms with Crippen molar-refractivity contribution in [3.05, 3.63) is 48.5 Å². The number of rotatable bonds is 5. The molecule has 2 aliphatic heterocycles. The minimum atomic E-state index is 0.0636. The highest BCUT2D eigenvalue weighted by molar-refractivity contribution is 5.46. The molecule has 1 atom stereocenters. The summed E-state index contributed by atoms with van der Waals surface area (Å²) in [6.45, 7) is 7.38. The van der Waals surface area contributed by atoms with Gasteiger partial charge in [-0.3, -0.25) is 4.90 Å². The highest BCUT2D eigenvalue weighted by atomic mass is 16.5. The molecule has 0 aliphatic carbocycles. The van der Waals surface area contributed by atoms with Crippen molar-refractivity contribution >= 4 is 5.69 Å². The second-order valence-electron chi connectivity index (χ2n) is 8.06. The smallest absolute Gasteiger partial charge is 0.0945 e. The molecular weight excluding hydrogens is 336 g/mol. The summed E-state index contributed by atoms with van der Waals surface area (Å²) in [4.78, 5) is 9.40. The van der Waals surface area contributed by atoms with Crippen molar-refractivity contribution in [2.45, 2.75) is 50.8 Å². The van der Waals surface area contributed by atoms with E-state index < -0.39 is 0 Å². The van der Waals surface area contributed by atoms with E-state index in [-0.39, 0.29) is 5.60 Å². The van der Waals surface area contributed by atoms with Crippen LogP contribution in [0.4, 0.5) is 5.69 Å². The normalized spacial score (nSPS) is 22.5. The van der Waals surface area contributed by atoms with Crippen LogP contribution in [0.1, 0.15) is 38.3 Å². The fourth-order valence-corrected chi connectivity index (χ4v) is 4.72.